The van der Waals surface area contributed by atoms with Crippen LogP contribution in [0.4, 0.5) is 8.78 Å². The standard InChI is InChI=1S/C16H16Cl2F2N2O3/c1-9(15(19)20)14(24-10(2)23)16(22-6-5-21-8-22)25-13-4-3-11(17)7-12(13)18/h3-9,14-16H,1-2H3. The SMILES string of the molecule is CC(=O)OC(C(C)C(F)F)C(Oc1ccc(Cl)cc1Cl)n1ccnc1. The summed E-state index contributed by atoms with van der Waals surface area (Å²) in [5, 5.41) is 0.595. The van der Waals surface area contributed by atoms with Gasteiger partial charge in [0.1, 0.15) is 5.75 Å². The molecule has 1 heterocycles. The average molecular weight is 393 g/mol. The Morgan fingerprint density at radius 2 is 2.04 bits per heavy atom. The number of rotatable bonds is 7. The number of halogens is 4. The maximum atomic E-state index is 13.3. The van der Waals surface area contributed by atoms with Crippen molar-refractivity contribution in [2.45, 2.75) is 32.6 Å². The number of ether oxygens (including phenoxy) is 2. The molecule has 1 aromatic carbocycles. The first-order valence-corrected chi connectivity index (χ1v) is 8.09. The summed E-state index contributed by atoms with van der Waals surface area (Å²) in [6.45, 7) is 2.42. The number of aromatic nitrogens is 2. The van der Waals surface area contributed by atoms with Gasteiger partial charge in [-0.1, -0.05) is 30.1 Å². The normalized spacial score (nSPS) is 14.8. The summed E-state index contributed by atoms with van der Waals surface area (Å²) < 4.78 is 38.9. The second kappa shape index (κ2) is 8.49. The Hall–Kier alpha value is -1.86. The second-order valence-corrected chi connectivity index (χ2v) is 6.20. The average Bonchev–Trinajstić information content (AvgIpc) is 3.05. The lowest BCUT2D eigenvalue weighted by atomic mass is 10.0. The fourth-order valence-electron chi connectivity index (χ4n) is 2.18. The zero-order valence-electron chi connectivity index (χ0n) is 13.4. The molecule has 1 aromatic heterocycles. The fourth-order valence-corrected chi connectivity index (χ4v) is 2.63. The molecule has 0 radical (unpaired) electrons. The molecule has 136 valence electrons. The third-order valence-electron chi connectivity index (χ3n) is 3.46. The van der Waals surface area contributed by atoms with Crippen LogP contribution in [0.15, 0.2) is 36.9 Å². The lowest BCUT2D eigenvalue weighted by Gasteiger charge is -2.32. The van der Waals surface area contributed by atoms with Crippen molar-refractivity contribution in [3.63, 3.8) is 0 Å². The number of imidazole rings is 1. The lowest BCUT2D eigenvalue weighted by molar-refractivity contribution is -0.165. The van der Waals surface area contributed by atoms with Gasteiger partial charge in [0.25, 0.3) is 0 Å². The van der Waals surface area contributed by atoms with Crippen LogP contribution in [0, 0.1) is 5.92 Å². The first kappa shape index (κ1) is 19.5. The summed E-state index contributed by atoms with van der Waals surface area (Å²) in [7, 11) is 0. The highest BCUT2D eigenvalue weighted by atomic mass is 35.5. The first-order chi connectivity index (χ1) is 11.8. The molecule has 3 atom stereocenters. The second-order valence-electron chi connectivity index (χ2n) is 5.36. The van der Waals surface area contributed by atoms with E-state index in [4.69, 9.17) is 32.7 Å². The Kier molecular flexibility index (Phi) is 6.61. The van der Waals surface area contributed by atoms with Gasteiger partial charge in [-0.25, -0.2) is 13.8 Å². The Balaban J connectivity index is 2.41. The highest BCUT2D eigenvalue weighted by Crippen LogP contribution is 2.34. The minimum absolute atomic E-state index is 0.198. The van der Waals surface area contributed by atoms with Crippen molar-refractivity contribution in [2.24, 2.45) is 5.92 Å². The quantitative estimate of drug-likeness (QED) is 0.646. The number of esters is 1. The smallest absolute Gasteiger partial charge is 0.303 e. The van der Waals surface area contributed by atoms with Gasteiger partial charge in [0.2, 0.25) is 12.7 Å². The van der Waals surface area contributed by atoms with Crippen molar-refractivity contribution in [3.8, 4) is 5.75 Å². The highest BCUT2D eigenvalue weighted by molar-refractivity contribution is 6.35. The largest absolute Gasteiger partial charge is 0.465 e. The van der Waals surface area contributed by atoms with Gasteiger partial charge >= 0.3 is 5.97 Å². The summed E-state index contributed by atoms with van der Waals surface area (Å²) in [5.74, 6) is -1.78. The third-order valence-corrected chi connectivity index (χ3v) is 3.99. The number of nitrogens with zero attached hydrogens (tertiary/aromatic N) is 2. The van der Waals surface area contributed by atoms with Crippen LogP contribution in [-0.4, -0.2) is 28.0 Å². The zero-order valence-corrected chi connectivity index (χ0v) is 14.9. The van der Waals surface area contributed by atoms with E-state index in [0.29, 0.717) is 5.02 Å². The molecule has 9 heteroatoms. The molecule has 5 nitrogen and oxygen atoms in total. The van der Waals surface area contributed by atoms with Gasteiger partial charge in [-0.3, -0.25) is 9.36 Å². The summed E-state index contributed by atoms with van der Waals surface area (Å²) in [5.41, 5.74) is 0. The number of hydrogen-bond acceptors (Lipinski definition) is 4. The molecule has 0 aliphatic carbocycles. The molecule has 2 aromatic rings. The topological polar surface area (TPSA) is 53.4 Å². The number of carbonyl (C=O) groups is 1. The molecule has 0 saturated heterocycles. The molecule has 25 heavy (non-hydrogen) atoms. The molecule has 2 rings (SSSR count). The van der Waals surface area contributed by atoms with Gasteiger partial charge in [0.05, 0.1) is 17.3 Å². The summed E-state index contributed by atoms with van der Waals surface area (Å²) in [6.07, 6.45) is -0.725. The number of hydrogen-bond donors (Lipinski definition) is 0. The van der Waals surface area contributed by atoms with Gasteiger partial charge < -0.3 is 9.47 Å². The molecule has 0 aliphatic heterocycles. The molecule has 0 saturated carbocycles. The number of benzene rings is 1. The molecule has 0 spiro atoms. The van der Waals surface area contributed by atoms with Crippen LogP contribution >= 0.6 is 23.2 Å². The Labute approximate surface area is 153 Å². The van der Waals surface area contributed by atoms with Crippen molar-refractivity contribution in [1.82, 2.24) is 9.55 Å². The van der Waals surface area contributed by atoms with Gasteiger partial charge in [0.15, 0.2) is 6.10 Å². The number of carbonyl (C=O) groups excluding carboxylic acids is 1. The Bertz CT molecular complexity index is 713. The molecule has 0 aliphatic rings. The summed E-state index contributed by atoms with van der Waals surface area (Å²) >= 11 is 12.0. The van der Waals surface area contributed by atoms with Gasteiger partial charge in [0, 0.05) is 24.3 Å². The van der Waals surface area contributed by atoms with E-state index >= 15 is 0 Å². The minimum Gasteiger partial charge on any atom is -0.465 e. The van der Waals surface area contributed by atoms with Crippen LogP contribution in [0.5, 0.6) is 5.75 Å². The van der Waals surface area contributed by atoms with Crippen LogP contribution in [0.2, 0.25) is 10.0 Å². The van der Waals surface area contributed by atoms with E-state index in [2.05, 4.69) is 4.98 Å². The molecule has 0 fully saturated rings. The molecular formula is C16H16Cl2F2N2O3. The van der Waals surface area contributed by atoms with Crippen LogP contribution in [0.1, 0.15) is 20.1 Å². The molecular weight excluding hydrogens is 377 g/mol. The molecule has 0 bridgehead atoms. The highest BCUT2D eigenvalue weighted by Gasteiger charge is 2.37. The summed E-state index contributed by atoms with van der Waals surface area (Å²) in [6, 6.07) is 4.51. The van der Waals surface area contributed by atoms with E-state index in [1.54, 1.807) is 6.07 Å². The van der Waals surface area contributed by atoms with E-state index < -0.39 is 30.6 Å². The molecule has 3 unspecified atom stereocenters. The monoisotopic (exact) mass is 392 g/mol. The first-order valence-electron chi connectivity index (χ1n) is 7.34. The van der Waals surface area contributed by atoms with Gasteiger partial charge in [-0.05, 0) is 18.2 Å². The van der Waals surface area contributed by atoms with E-state index in [1.165, 1.54) is 42.3 Å². The minimum atomic E-state index is -2.72. The van der Waals surface area contributed by atoms with E-state index in [-0.39, 0.29) is 10.8 Å². The third kappa shape index (κ3) is 5.06. The fraction of sp³-hybridized carbons (Fsp3) is 0.375. The Morgan fingerprint density at radius 1 is 1.32 bits per heavy atom. The number of alkyl halides is 2. The maximum Gasteiger partial charge on any atom is 0.303 e. The maximum absolute atomic E-state index is 13.3. The van der Waals surface area contributed by atoms with Gasteiger partial charge in [-0.2, -0.15) is 0 Å². The van der Waals surface area contributed by atoms with Crippen molar-refractivity contribution in [3.05, 3.63) is 47.0 Å². The van der Waals surface area contributed by atoms with Crippen molar-refractivity contribution >= 4 is 29.2 Å². The van der Waals surface area contributed by atoms with Crippen molar-refractivity contribution in [2.75, 3.05) is 0 Å². The molecule has 0 amide bonds. The molecule has 0 N–H and O–H groups in total. The lowest BCUT2D eigenvalue weighted by Crippen LogP contribution is -2.39. The van der Waals surface area contributed by atoms with Crippen LogP contribution < -0.4 is 4.74 Å². The predicted molar refractivity (Wildman–Crippen MR) is 89.1 cm³/mol. The van der Waals surface area contributed by atoms with Crippen LogP contribution in [0.3, 0.4) is 0 Å². The summed E-state index contributed by atoms with van der Waals surface area (Å²) in [4.78, 5) is 15.3. The van der Waals surface area contributed by atoms with E-state index in [0.717, 1.165) is 6.92 Å². The van der Waals surface area contributed by atoms with Crippen LogP contribution in [0.25, 0.3) is 0 Å². The van der Waals surface area contributed by atoms with E-state index in [9.17, 15) is 13.6 Å². The van der Waals surface area contributed by atoms with Crippen LogP contribution in [-0.2, 0) is 9.53 Å². The van der Waals surface area contributed by atoms with Crippen molar-refractivity contribution < 1.29 is 23.0 Å². The Morgan fingerprint density at radius 3 is 2.56 bits per heavy atom. The van der Waals surface area contributed by atoms with Gasteiger partial charge in [-0.15, -0.1) is 0 Å². The van der Waals surface area contributed by atoms with E-state index in [1.807, 2.05) is 0 Å². The van der Waals surface area contributed by atoms with Crippen molar-refractivity contribution in [1.29, 1.82) is 0 Å². The zero-order chi connectivity index (χ0) is 18.6. The predicted octanol–water partition coefficient (Wildman–Crippen LogP) is 4.60.